The fraction of sp³-hybridized carbons (Fsp3) is 0.571. The van der Waals surface area contributed by atoms with Crippen LogP contribution < -0.4 is 5.32 Å². The number of hydrogen-bond acceptors (Lipinski definition) is 2. The average molecular weight is 221 g/mol. The molecule has 90 valence electrons. The molecule has 0 atom stereocenters. The quantitative estimate of drug-likeness (QED) is 0.801. The van der Waals surface area contributed by atoms with Gasteiger partial charge in [0.25, 0.3) is 0 Å². The minimum absolute atomic E-state index is 0.00641. The molecule has 0 radical (unpaired) electrons. The standard InChI is InChI=1S/C14H23NO/c1-11-5-6-13(9-12(11)2)10-15-14(3,4)7-8-16/h5-6,9,15-16H,7-8,10H2,1-4H3. The van der Waals surface area contributed by atoms with Crippen molar-refractivity contribution in [2.75, 3.05) is 6.61 Å². The molecule has 2 heteroatoms. The van der Waals surface area contributed by atoms with Gasteiger partial charge in [-0.25, -0.2) is 0 Å². The van der Waals surface area contributed by atoms with Crippen LogP contribution in [0.3, 0.4) is 0 Å². The monoisotopic (exact) mass is 221 g/mol. The molecule has 0 heterocycles. The van der Waals surface area contributed by atoms with Crippen LogP contribution in [0.25, 0.3) is 0 Å². The second-order valence-electron chi connectivity index (χ2n) is 5.13. The molecule has 2 nitrogen and oxygen atoms in total. The van der Waals surface area contributed by atoms with Crippen molar-refractivity contribution in [2.24, 2.45) is 0 Å². The molecule has 1 rings (SSSR count). The van der Waals surface area contributed by atoms with E-state index < -0.39 is 0 Å². The lowest BCUT2D eigenvalue weighted by molar-refractivity contribution is 0.230. The fourth-order valence-electron chi connectivity index (χ4n) is 1.62. The SMILES string of the molecule is Cc1ccc(CNC(C)(C)CCO)cc1C. The highest BCUT2D eigenvalue weighted by molar-refractivity contribution is 5.29. The summed E-state index contributed by atoms with van der Waals surface area (Å²) in [6.07, 6.45) is 0.776. The topological polar surface area (TPSA) is 32.3 Å². The summed E-state index contributed by atoms with van der Waals surface area (Å²) in [5, 5.41) is 12.4. The van der Waals surface area contributed by atoms with Gasteiger partial charge in [-0.2, -0.15) is 0 Å². The second-order valence-corrected chi connectivity index (χ2v) is 5.13. The molecule has 0 aliphatic rings. The van der Waals surface area contributed by atoms with Crippen molar-refractivity contribution >= 4 is 0 Å². The van der Waals surface area contributed by atoms with Crippen molar-refractivity contribution in [2.45, 2.75) is 46.2 Å². The van der Waals surface area contributed by atoms with Crippen LogP contribution in [0.4, 0.5) is 0 Å². The minimum atomic E-state index is -0.00641. The first-order valence-electron chi connectivity index (χ1n) is 5.86. The van der Waals surface area contributed by atoms with E-state index in [0.717, 1.165) is 13.0 Å². The third-order valence-corrected chi connectivity index (χ3v) is 3.08. The third kappa shape index (κ3) is 3.95. The summed E-state index contributed by atoms with van der Waals surface area (Å²) in [6, 6.07) is 6.53. The molecule has 0 aliphatic carbocycles. The maximum Gasteiger partial charge on any atom is 0.0448 e. The Labute approximate surface area is 98.7 Å². The number of aliphatic hydroxyl groups is 1. The summed E-state index contributed by atoms with van der Waals surface area (Å²) < 4.78 is 0. The van der Waals surface area contributed by atoms with Gasteiger partial charge in [0.15, 0.2) is 0 Å². The molecule has 0 spiro atoms. The van der Waals surface area contributed by atoms with E-state index in [0.29, 0.717) is 0 Å². The predicted octanol–water partition coefficient (Wildman–Crippen LogP) is 2.55. The lowest BCUT2D eigenvalue weighted by Crippen LogP contribution is -2.39. The summed E-state index contributed by atoms with van der Waals surface area (Å²) >= 11 is 0. The van der Waals surface area contributed by atoms with Gasteiger partial charge in [0, 0.05) is 18.7 Å². The molecule has 0 saturated carbocycles. The zero-order valence-electron chi connectivity index (χ0n) is 10.8. The average Bonchev–Trinajstić information content (AvgIpc) is 2.20. The molecule has 0 aromatic heterocycles. The van der Waals surface area contributed by atoms with Crippen LogP contribution in [-0.4, -0.2) is 17.3 Å². The summed E-state index contributed by atoms with van der Waals surface area (Å²) in [5.74, 6) is 0. The zero-order chi connectivity index (χ0) is 12.2. The van der Waals surface area contributed by atoms with E-state index in [1.807, 2.05) is 0 Å². The Kier molecular flexibility index (Phi) is 4.51. The predicted molar refractivity (Wildman–Crippen MR) is 68.5 cm³/mol. The number of benzene rings is 1. The lowest BCUT2D eigenvalue weighted by Gasteiger charge is -2.25. The van der Waals surface area contributed by atoms with Gasteiger partial charge in [0.05, 0.1) is 0 Å². The van der Waals surface area contributed by atoms with Crippen LogP contribution in [0.1, 0.15) is 37.0 Å². The maximum atomic E-state index is 8.94. The molecule has 0 saturated heterocycles. The van der Waals surface area contributed by atoms with Crippen LogP contribution in [0.15, 0.2) is 18.2 Å². The van der Waals surface area contributed by atoms with Crippen molar-refractivity contribution in [1.82, 2.24) is 5.32 Å². The van der Waals surface area contributed by atoms with E-state index in [2.05, 4.69) is 51.2 Å². The summed E-state index contributed by atoms with van der Waals surface area (Å²) in [6.45, 7) is 9.58. The van der Waals surface area contributed by atoms with Crippen molar-refractivity contribution in [3.63, 3.8) is 0 Å². The molecule has 0 unspecified atom stereocenters. The van der Waals surface area contributed by atoms with Gasteiger partial charge in [-0.1, -0.05) is 18.2 Å². The Morgan fingerprint density at radius 2 is 1.88 bits per heavy atom. The number of nitrogens with one attached hydrogen (secondary N) is 1. The van der Waals surface area contributed by atoms with Crippen molar-refractivity contribution in [3.05, 3.63) is 34.9 Å². The van der Waals surface area contributed by atoms with Gasteiger partial charge < -0.3 is 10.4 Å². The molecule has 0 amide bonds. The maximum absolute atomic E-state index is 8.94. The van der Waals surface area contributed by atoms with Crippen LogP contribution >= 0.6 is 0 Å². The Morgan fingerprint density at radius 1 is 1.19 bits per heavy atom. The van der Waals surface area contributed by atoms with Gasteiger partial charge >= 0.3 is 0 Å². The van der Waals surface area contributed by atoms with E-state index in [4.69, 9.17) is 5.11 Å². The van der Waals surface area contributed by atoms with E-state index >= 15 is 0 Å². The minimum Gasteiger partial charge on any atom is -0.396 e. The second kappa shape index (κ2) is 5.46. The zero-order valence-corrected chi connectivity index (χ0v) is 10.8. The molecule has 0 bridgehead atoms. The van der Waals surface area contributed by atoms with Gasteiger partial charge in [0.2, 0.25) is 0 Å². The molecular formula is C14H23NO. The van der Waals surface area contributed by atoms with Crippen LogP contribution in [-0.2, 0) is 6.54 Å². The van der Waals surface area contributed by atoms with Gasteiger partial charge in [-0.15, -0.1) is 0 Å². The fourth-order valence-corrected chi connectivity index (χ4v) is 1.62. The molecule has 16 heavy (non-hydrogen) atoms. The number of aliphatic hydroxyl groups excluding tert-OH is 1. The number of rotatable bonds is 5. The van der Waals surface area contributed by atoms with E-state index in [1.165, 1.54) is 16.7 Å². The molecule has 1 aromatic carbocycles. The molecule has 0 fully saturated rings. The Morgan fingerprint density at radius 3 is 2.44 bits per heavy atom. The Bertz CT molecular complexity index is 345. The van der Waals surface area contributed by atoms with Crippen molar-refractivity contribution in [3.8, 4) is 0 Å². The highest BCUT2D eigenvalue weighted by Gasteiger charge is 2.15. The van der Waals surface area contributed by atoms with Crippen LogP contribution in [0, 0.1) is 13.8 Å². The van der Waals surface area contributed by atoms with E-state index in [1.54, 1.807) is 0 Å². The molecular weight excluding hydrogens is 198 g/mol. The first-order valence-corrected chi connectivity index (χ1v) is 5.86. The summed E-state index contributed by atoms with van der Waals surface area (Å²) in [5.41, 5.74) is 3.96. The highest BCUT2D eigenvalue weighted by Crippen LogP contribution is 2.12. The lowest BCUT2D eigenvalue weighted by atomic mass is 10.00. The van der Waals surface area contributed by atoms with Gasteiger partial charge in [0.1, 0.15) is 0 Å². The van der Waals surface area contributed by atoms with Gasteiger partial charge in [-0.05, 0) is 50.8 Å². The summed E-state index contributed by atoms with van der Waals surface area (Å²) in [4.78, 5) is 0. The highest BCUT2D eigenvalue weighted by atomic mass is 16.3. The molecule has 2 N–H and O–H groups in total. The first kappa shape index (κ1) is 13.2. The van der Waals surface area contributed by atoms with E-state index in [9.17, 15) is 0 Å². The van der Waals surface area contributed by atoms with Crippen LogP contribution in [0.5, 0.6) is 0 Å². The summed E-state index contributed by atoms with van der Waals surface area (Å²) in [7, 11) is 0. The normalized spacial score (nSPS) is 11.8. The van der Waals surface area contributed by atoms with Crippen molar-refractivity contribution in [1.29, 1.82) is 0 Å². The third-order valence-electron chi connectivity index (χ3n) is 3.08. The molecule has 1 aromatic rings. The van der Waals surface area contributed by atoms with E-state index in [-0.39, 0.29) is 12.1 Å². The number of aryl methyl sites for hydroxylation is 2. The number of hydrogen-bond donors (Lipinski definition) is 2. The Hall–Kier alpha value is -0.860. The van der Waals surface area contributed by atoms with Crippen molar-refractivity contribution < 1.29 is 5.11 Å². The smallest absolute Gasteiger partial charge is 0.0448 e. The largest absolute Gasteiger partial charge is 0.396 e. The first-order chi connectivity index (χ1) is 7.44. The van der Waals surface area contributed by atoms with Gasteiger partial charge in [-0.3, -0.25) is 0 Å². The molecule has 0 aliphatic heterocycles. The Balaban J connectivity index is 2.57. The van der Waals surface area contributed by atoms with Crippen LogP contribution in [0.2, 0.25) is 0 Å².